The zero-order valence-electron chi connectivity index (χ0n) is 9.87. The highest BCUT2D eigenvalue weighted by Crippen LogP contribution is 2.29. The van der Waals surface area contributed by atoms with Crippen molar-refractivity contribution in [2.24, 2.45) is 0 Å². The predicted octanol–water partition coefficient (Wildman–Crippen LogP) is 3.07. The van der Waals surface area contributed by atoms with E-state index in [1.807, 2.05) is 13.8 Å². The van der Waals surface area contributed by atoms with E-state index in [1.165, 1.54) is 0 Å². The number of aromatic amines is 1. The third-order valence-electron chi connectivity index (χ3n) is 2.60. The quantitative estimate of drug-likeness (QED) is 0.854. The SMILES string of the molecule is COc1ccc(C(=O)Cl)c2nc(C(C)C)[nH]c12. The zero-order chi connectivity index (χ0) is 12.6. The summed E-state index contributed by atoms with van der Waals surface area (Å²) in [6.07, 6.45) is 0. The smallest absolute Gasteiger partial charge is 0.254 e. The fraction of sp³-hybridized carbons (Fsp3) is 0.333. The van der Waals surface area contributed by atoms with Crippen LogP contribution in [0.15, 0.2) is 12.1 Å². The van der Waals surface area contributed by atoms with Crippen molar-refractivity contribution in [3.8, 4) is 5.75 Å². The molecule has 0 saturated heterocycles. The van der Waals surface area contributed by atoms with Gasteiger partial charge in [-0.3, -0.25) is 4.79 Å². The number of nitrogens with zero attached hydrogens (tertiary/aromatic N) is 1. The lowest BCUT2D eigenvalue weighted by Crippen LogP contribution is -1.93. The van der Waals surface area contributed by atoms with Crippen LogP contribution in [0.1, 0.15) is 35.9 Å². The van der Waals surface area contributed by atoms with Crippen molar-refractivity contribution >= 4 is 27.9 Å². The topological polar surface area (TPSA) is 55.0 Å². The molecule has 2 aromatic rings. The van der Waals surface area contributed by atoms with E-state index in [0.29, 0.717) is 22.3 Å². The molecule has 5 heteroatoms. The molecule has 0 spiro atoms. The summed E-state index contributed by atoms with van der Waals surface area (Å²) in [4.78, 5) is 18.9. The Morgan fingerprint density at radius 1 is 1.47 bits per heavy atom. The van der Waals surface area contributed by atoms with Crippen molar-refractivity contribution in [2.75, 3.05) is 7.11 Å². The molecular formula is C12H13ClN2O2. The Balaban J connectivity index is 2.76. The van der Waals surface area contributed by atoms with Gasteiger partial charge in [-0.25, -0.2) is 4.98 Å². The Labute approximate surface area is 104 Å². The maximum absolute atomic E-state index is 11.3. The Kier molecular flexibility index (Phi) is 3.07. The summed E-state index contributed by atoms with van der Waals surface area (Å²) in [6.45, 7) is 4.04. The van der Waals surface area contributed by atoms with E-state index in [4.69, 9.17) is 16.3 Å². The van der Waals surface area contributed by atoms with Gasteiger partial charge >= 0.3 is 0 Å². The van der Waals surface area contributed by atoms with E-state index in [-0.39, 0.29) is 5.92 Å². The number of H-pyrrole nitrogens is 1. The number of hydrogen-bond donors (Lipinski definition) is 1. The van der Waals surface area contributed by atoms with Gasteiger partial charge in [0.25, 0.3) is 5.24 Å². The lowest BCUT2D eigenvalue weighted by molar-refractivity contribution is 0.108. The van der Waals surface area contributed by atoms with Gasteiger partial charge in [0.2, 0.25) is 0 Å². The first-order valence-electron chi connectivity index (χ1n) is 5.31. The van der Waals surface area contributed by atoms with Crippen LogP contribution in [-0.2, 0) is 0 Å². The van der Waals surface area contributed by atoms with Gasteiger partial charge < -0.3 is 9.72 Å². The van der Waals surface area contributed by atoms with Crippen molar-refractivity contribution in [2.45, 2.75) is 19.8 Å². The maximum Gasteiger partial charge on any atom is 0.254 e. The molecule has 0 atom stereocenters. The van der Waals surface area contributed by atoms with Gasteiger partial charge in [0.15, 0.2) is 0 Å². The Hall–Kier alpha value is -1.55. The Morgan fingerprint density at radius 2 is 2.18 bits per heavy atom. The molecule has 0 saturated carbocycles. The van der Waals surface area contributed by atoms with Crippen LogP contribution in [0.3, 0.4) is 0 Å². The van der Waals surface area contributed by atoms with Gasteiger partial charge in [-0.15, -0.1) is 0 Å². The van der Waals surface area contributed by atoms with Gasteiger partial charge in [0, 0.05) is 5.92 Å². The van der Waals surface area contributed by atoms with E-state index < -0.39 is 5.24 Å². The van der Waals surface area contributed by atoms with E-state index >= 15 is 0 Å². The molecule has 0 bridgehead atoms. The van der Waals surface area contributed by atoms with Crippen LogP contribution in [0.5, 0.6) is 5.75 Å². The molecule has 0 aliphatic rings. The average Bonchev–Trinajstić information content (AvgIpc) is 2.71. The molecule has 4 nitrogen and oxygen atoms in total. The summed E-state index contributed by atoms with van der Waals surface area (Å²) in [5, 5.41) is -0.514. The lowest BCUT2D eigenvalue weighted by atomic mass is 10.2. The number of hydrogen-bond acceptors (Lipinski definition) is 3. The van der Waals surface area contributed by atoms with Crippen LogP contribution in [0.2, 0.25) is 0 Å². The summed E-state index contributed by atoms with van der Waals surface area (Å²) >= 11 is 5.53. The monoisotopic (exact) mass is 252 g/mol. The third kappa shape index (κ3) is 2.00. The fourth-order valence-electron chi connectivity index (χ4n) is 1.69. The minimum Gasteiger partial charge on any atom is -0.494 e. The molecule has 1 N–H and O–H groups in total. The van der Waals surface area contributed by atoms with Gasteiger partial charge in [-0.05, 0) is 23.7 Å². The average molecular weight is 253 g/mol. The highest BCUT2D eigenvalue weighted by atomic mass is 35.5. The molecule has 0 amide bonds. The number of ether oxygens (including phenoxy) is 1. The minimum atomic E-state index is -0.514. The summed E-state index contributed by atoms with van der Waals surface area (Å²) in [5.74, 6) is 1.70. The standard InChI is InChI=1S/C12H13ClN2O2/c1-6(2)12-14-9-7(11(13)16)4-5-8(17-3)10(9)15-12/h4-6H,1-3H3,(H,14,15). The number of nitrogens with one attached hydrogen (secondary N) is 1. The molecule has 0 aliphatic heterocycles. The van der Waals surface area contributed by atoms with Crippen LogP contribution >= 0.6 is 11.6 Å². The zero-order valence-corrected chi connectivity index (χ0v) is 10.6. The van der Waals surface area contributed by atoms with E-state index in [1.54, 1.807) is 19.2 Å². The molecule has 0 unspecified atom stereocenters. The van der Waals surface area contributed by atoms with Gasteiger partial charge in [-0.1, -0.05) is 13.8 Å². The number of rotatable bonds is 3. The molecular weight excluding hydrogens is 240 g/mol. The summed E-state index contributed by atoms with van der Waals surface area (Å²) in [7, 11) is 1.58. The first-order chi connectivity index (χ1) is 8.04. The summed E-state index contributed by atoms with van der Waals surface area (Å²) in [6, 6.07) is 3.34. The van der Waals surface area contributed by atoms with Gasteiger partial charge in [0.05, 0.1) is 12.7 Å². The first-order valence-corrected chi connectivity index (χ1v) is 5.68. The second kappa shape index (κ2) is 4.37. The molecule has 0 aliphatic carbocycles. The van der Waals surface area contributed by atoms with Crippen LogP contribution in [0, 0.1) is 0 Å². The molecule has 17 heavy (non-hydrogen) atoms. The first kappa shape index (κ1) is 11.9. The third-order valence-corrected chi connectivity index (χ3v) is 2.81. The molecule has 1 aromatic heterocycles. The molecule has 90 valence electrons. The second-order valence-corrected chi connectivity index (χ2v) is 4.43. The second-order valence-electron chi connectivity index (χ2n) is 4.09. The van der Waals surface area contributed by atoms with E-state index in [2.05, 4.69) is 9.97 Å². The normalized spacial score (nSPS) is 11.1. The van der Waals surface area contributed by atoms with Crippen molar-refractivity contribution in [3.63, 3.8) is 0 Å². The number of carbonyl (C=O) groups is 1. The Morgan fingerprint density at radius 3 is 2.71 bits per heavy atom. The number of methoxy groups -OCH3 is 1. The molecule has 1 heterocycles. The van der Waals surface area contributed by atoms with Crippen molar-refractivity contribution in [3.05, 3.63) is 23.5 Å². The highest BCUT2D eigenvalue weighted by Gasteiger charge is 2.16. The number of carbonyl (C=O) groups excluding carboxylic acids is 1. The highest BCUT2D eigenvalue weighted by molar-refractivity contribution is 6.68. The van der Waals surface area contributed by atoms with Crippen molar-refractivity contribution in [1.82, 2.24) is 9.97 Å². The molecule has 1 aromatic carbocycles. The van der Waals surface area contributed by atoms with Gasteiger partial charge in [0.1, 0.15) is 22.6 Å². The lowest BCUT2D eigenvalue weighted by Gasteiger charge is -2.02. The maximum atomic E-state index is 11.3. The number of fused-ring (bicyclic) bond motifs is 1. The number of aromatic nitrogens is 2. The summed E-state index contributed by atoms with van der Waals surface area (Å²) < 4.78 is 5.23. The molecule has 0 fully saturated rings. The number of benzene rings is 1. The van der Waals surface area contributed by atoms with Crippen LogP contribution in [-0.4, -0.2) is 22.3 Å². The van der Waals surface area contributed by atoms with Crippen LogP contribution in [0.25, 0.3) is 11.0 Å². The predicted molar refractivity (Wildman–Crippen MR) is 66.9 cm³/mol. The summed E-state index contributed by atoms with van der Waals surface area (Å²) in [5.41, 5.74) is 1.67. The number of halogens is 1. The fourth-order valence-corrected chi connectivity index (χ4v) is 1.84. The minimum absolute atomic E-state index is 0.241. The van der Waals surface area contributed by atoms with Crippen molar-refractivity contribution in [1.29, 1.82) is 0 Å². The van der Waals surface area contributed by atoms with Gasteiger partial charge in [-0.2, -0.15) is 0 Å². The number of imidazole rings is 1. The van der Waals surface area contributed by atoms with Crippen LogP contribution in [0.4, 0.5) is 0 Å². The van der Waals surface area contributed by atoms with Crippen LogP contribution < -0.4 is 4.74 Å². The van der Waals surface area contributed by atoms with E-state index in [0.717, 1.165) is 5.82 Å². The van der Waals surface area contributed by atoms with Crippen molar-refractivity contribution < 1.29 is 9.53 Å². The Bertz CT molecular complexity index is 575. The van der Waals surface area contributed by atoms with E-state index in [9.17, 15) is 4.79 Å². The largest absolute Gasteiger partial charge is 0.494 e. The molecule has 2 rings (SSSR count). The molecule has 0 radical (unpaired) electrons.